The van der Waals surface area contributed by atoms with Crippen LogP contribution in [0.2, 0.25) is 0 Å². The number of hydrogen-bond acceptors (Lipinski definition) is 19. The Hall–Kier alpha value is -7.71. The van der Waals surface area contributed by atoms with Gasteiger partial charge in [0, 0.05) is 67.9 Å². The van der Waals surface area contributed by atoms with E-state index >= 15 is 0 Å². The minimum absolute atomic E-state index is 0.0732. The smallest absolute Gasteiger partial charge is 0.410 e. The maximum absolute atomic E-state index is 12.1. The first-order valence-electron chi connectivity index (χ1n) is 28.0. The molecule has 1 atom stereocenters. The number of pyridine rings is 5. The average molecular weight is 1110 g/mol. The van der Waals surface area contributed by atoms with E-state index in [2.05, 4.69) is 30.2 Å². The van der Waals surface area contributed by atoms with Crippen LogP contribution in [0.5, 0.6) is 28.7 Å². The highest BCUT2D eigenvalue weighted by atomic mass is 16.6. The van der Waals surface area contributed by atoms with Crippen LogP contribution in [-0.4, -0.2) is 104 Å². The van der Waals surface area contributed by atoms with Crippen LogP contribution in [-0.2, 0) is 9.47 Å². The first-order chi connectivity index (χ1) is 38.3. The largest absolute Gasteiger partial charge is 0.489 e. The molecule has 1 saturated heterocycles. The molecule has 11 N–H and O–H groups in total. The fourth-order valence-electron chi connectivity index (χ4n) is 8.78. The second-order valence-electron chi connectivity index (χ2n) is 21.9. The van der Waals surface area contributed by atoms with Gasteiger partial charge in [-0.15, -0.1) is 0 Å². The minimum atomic E-state index is -0.500. The molecule has 0 spiro atoms. The Labute approximate surface area is 472 Å². The summed E-state index contributed by atoms with van der Waals surface area (Å²) < 4.78 is 39.1. The van der Waals surface area contributed by atoms with Gasteiger partial charge in [-0.25, -0.2) is 9.59 Å². The number of carbonyl (C=O) groups is 2. The summed E-state index contributed by atoms with van der Waals surface area (Å²) in [5.41, 5.74) is 30.6. The number of piperidine rings is 1. The summed E-state index contributed by atoms with van der Waals surface area (Å²) in [6, 6.07) is 8.91. The molecule has 21 heteroatoms. The van der Waals surface area contributed by atoms with Crippen LogP contribution in [0.15, 0.2) is 92.3 Å². The van der Waals surface area contributed by atoms with Gasteiger partial charge in [0.1, 0.15) is 52.7 Å². The number of nitrogen functional groups attached to an aromatic ring is 5. The first kappa shape index (κ1) is 63.1. The zero-order valence-corrected chi connectivity index (χ0v) is 47.9. The van der Waals surface area contributed by atoms with Gasteiger partial charge >= 0.3 is 12.2 Å². The number of amides is 2. The number of aromatic nitrogens is 5. The summed E-state index contributed by atoms with van der Waals surface area (Å²) in [6.07, 6.45) is 35.6. The zero-order chi connectivity index (χ0) is 57.8. The van der Waals surface area contributed by atoms with E-state index in [-0.39, 0.29) is 12.2 Å². The normalized spacial score (nSPS) is 16.6. The quantitative estimate of drug-likeness (QED) is 0.0632. The van der Waals surface area contributed by atoms with Crippen molar-refractivity contribution in [2.75, 3.05) is 54.9 Å². The molecular formula is C59H88N12O9. The van der Waals surface area contributed by atoms with Gasteiger partial charge in [-0.3, -0.25) is 24.9 Å². The molecule has 9 rings (SSSR count). The summed E-state index contributed by atoms with van der Waals surface area (Å²) >= 11 is 0. The fourth-order valence-corrected chi connectivity index (χ4v) is 8.78. The van der Waals surface area contributed by atoms with Gasteiger partial charge in [-0.1, -0.05) is 12.8 Å². The van der Waals surface area contributed by atoms with Gasteiger partial charge < -0.3 is 72.0 Å². The summed E-state index contributed by atoms with van der Waals surface area (Å²) in [5, 5.41) is 2.59. The number of alkyl carbamates (subject to hydrolysis) is 1. The summed E-state index contributed by atoms with van der Waals surface area (Å²) in [5.74, 6) is 3.51. The van der Waals surface area contributed by atoms with Gasteiger partial charge in [0.25, 0.3) is 0 Å². The van der Waals surface area contributed by atoms with E-state index in [1.54, 1.807) is 93.6 Å². The lowest BCUT2D eigenvalue weighted by Crippen LogP contribution is -2.46. The maximum atomic E-state index is 12.1. The van der Waals surface area contributed by atoms with Crippen molar-refractivity contribution >= 4 is 40.6 Å². The lowest BCUT2D eigenvalue weighted by atomic mass is 9.98. The lowest BCUT2D eigenvalue weighted by Gasteiger charge is -2.34. The molecule has 5 aromatic rings. The molecule has 4 aliphatic rings. The molecule has 5 aromatic heterocycles. The Kier molecular flexibility index (Phi) is 26.1. The molecule has 438 valence electrons. The predicted molar refractivity (Wildman–Crippen MR) is 312 cm³/mol. The van der Waals surface area contributed by atoms with E-state index in [0.717, 1.165) is 68.6 Å². The Morgan fingerprint density at radius 1 is 0.475 bits per heavy atom. The van der Waals surface area contributed by atoms with Crippen molar-refractivity contribution in [2.24, 2.45) is 0 Å². The molecule has 4 fully saturated rings. The van der Waals surface area contributed by atoms with Crippen molar-refractivity contribution in [1.82, 2.24) is 35.1 Å². The van der Waals surface area contributed by atoms with E-state index in [9.17, 15) is 9.59 Å². The van der Waals surface area contributed by atoms with Gasteiger partial charge in [0.2, 0.25) is 0 Å². The molecule has 3 aliphatic carbocycles. The van der Waals surface area contributed by atoms with Crippen molar-refractivity contribution < 1.29 is 42.7 Å². The van der Waals surface area contributed by atoms with E-state index in [1.165, 1.54) is 57.6 Å². The van der Waals surface area contributed by atoms with Gasteiger partial charge in [0.15, 0.2) is 0 Å². The van der Waals surface area contributed by atoms with Crippen LogP contribution < -0.4 is 57.7 Å². The van der Waals surface area contributed by atoms with Crippen molar-refractivity contribution in [3.63, 3.8) is 0 Å². The number of nitrogens with two attached hydrogens (primary N) is 5. The standard InChI is InChI=1S/C15H23N3O3.C12H19N3O3.2C11H16N2O.C10H14N2O/c1-15(2,3)21-14(19)18-8-4-5-11(10-18)20-13-6-7-17-9-12(13)16;1-12(2,3)18-11(16)15-6-7-17-10-4-5-14-8-9(10)13;2*12-10-8-13-7-6-11(10)14-9-4-2-1-3-5-9;11-9-7-12-6-5-10(9)13-8-3-1-2-4-8/h6-7,9,11H,4-5,8,10,16H2,1-3H3;4-5,8H,6-7,13H2,1-3H3,(H,15,16);2*6-9H,1-5,12H2;5-8H,1-4,11H2/t11-;;;;/m1..../s1. The summed E-state index contributed by atoms with van der Waals surface area (Å²) in [7, 11) is 0. The number of rotatable bonds is 12. The Morgan fingerprint density at radius 3 is 1.15 bits per heavy atom. The third-order valence-electron chi connectivity index (χ3n) is 12.7. The van der Waals surface area contributed by atoms with Crippen molar-refractivity contribution in [2.45, 2.75) is 180 Å². The van der Waals surface area contributed by atoms with E-state index in [4.69, 9.17) is 61.8 Å². The van der Waals surface area contributed by atoms with E-state index in [1.807, 2.05) is 39.0 Å². The third-order valence-corrected chi connectivity index (χ3v) is 12.7. The second kappa shape index (κ2) is 33.0. The van der Waals surface area contributed by atoms with Crippen molar-refractivity contribution in [3.05, 3.63) is 92.3 Å². The van der Waals surface area contributed by atoms with Crippen molar-refractivity contribution in [3.8, 4) is 28.7 Å². The topological polar surface area (TPSA) is 309 Å². The monoisotopic (exact) mass is 1110 g/mol. The number of nitrogens with zero attached hydrogens (tertiary/aromatic N) is 6. The van der Waals surface area contributed by atoms with E-state index in [0.29, 0.717) is 84.5 Å². The SMILES string of the molecule is CC(C)(C)OC(=O)N1CCC[C@@H](Oc2ccncc2N)C1.CC(C)(C)OC(=O)NCCOc1ccncc1N.Nc1cnccc1OC1CCCC1.Nc1cnccc1OC1CCCCC1.Nc1cnccc1OC1CCCCC1. The Bertz CT molecular complexity index is 2520. The summed E-state index contributed by atoms with van der Waals surface area (Å²) in [6.45, 7) is 12.9. The molecule has 6 heterocycles. The number of hydrogen-bond donors (Lipinski definition) is 6. The number of likely N-dealkylation sites (tertiary alicyclic amines) is 1. The number of nitrogens with one attached hydrogen (secondary N) is 1. The molecule has 0 bridgehead atoms. The molecule has 0 aromatic carbocycles. The van der Waals surface area contributed by atoms with Gasteiger partial charge in [-0.2, -0.15) is 0 Å². The zero-order valence-electron chi connectivity index (χ0n) is 47.9. The Balaban J connectivity index is 0.000000186. The van der Waals surface area contributed by atoms with E-state index < -0.39 is 17.3 Å². The fraction of sp³-hybridized carbons (Fsp3) is 0.542. The van der Waals surface area contributed by atoms with Crippen LogP contribution in [0.4, 0.5) is 38.0 Å². The summed E-state index contributed by atoms with van der Waals surface area (Å²) in [4.78, 5) is 44.7. The molecule has 0 radical (unpaired) electrons. The first-order valence-corrected chi connectivity index (χ1v) is 28.0. The third kappa shape index (κ3) is 24.5. The molecule has 2 amide bonds. The van der Waals surface area contributed by atoms with Crippen LogP contribution in [0.25, 0.3) is 0 Å². The predicted octanol–water partition coefficient (Wildman–Crippen LogP) is 10.7. The molecule has 0 unspecified atom stereocenters. The van der Waals surface area contributed by atoms with Crippen LogP contribution in [0, 0.1) is 0 Å². The molecule has 3 saturated carbocycles. The van der Waals surface area contributed by atoms with Crippen LogP contribution >= 0.6 is 0 Å². The molecule has 1 aliphatic heterocycles. The van der Waals surface area contributed by atoms with Crippen LogP contribution in [0.3, 0.4) is 0 Å². The number of anilines is 5. The van der Waals surface area contributed by atoms with Crippen LogP contribution in [0.1, 0.15) is 144 Å². The lowest BCUT2D eigenvalue weighted by molar-refractivity contribution is 0.00782. The Morgan fingerprint density at radius 2 is 0.800 bits per heavy atom. The highest BCUT2D eigenvalue weighted by Gasteiger charge is 2.29. The second-order valence-corrected chi connectivity index (χ2v) is 21.9. The van der Waals surface area contributed by atoms with Crippen molar-refractivity contribution in [1.29, 1.82) is 0 Å². The number of carbonyl (C=O) groups excluding carboxylic acids is 2. The average Bonchev–Trinajstić information content (AvgIpc) is 3.95. The molecular weight excluding hydrogens is 1020 g/mol. The van der Waals surface area contributed by atoms with Gasteiger partial charge in [-0.05, 0) is 131 Å². The number of ether oxygens (including phenoxy) is 7. The highest BCUT2D eigenvalue weighted by Crippen LogP contribution is 2.30. The molecule has 21 nitrogen and oxygen atoms in total. The van der Waals surface area contributed by atoms with Gasteiger partial charge in [0.05, 0.1) is 90.8 Å². The highest BCUT2D eigenvalue weighted by molar-refractivity contribution is 5.68. The maximum Gasteiger partial charge on any atom is 0.410 e. The molecule has 80 heavy (non-hydrogen) atoms. The minimum Gasteiger partial charge on any atom is -0.489 e.